The number of hydrogen-bond donors (Lipinski definition) is 3. The van der Waals surface area contributed by atoms with Crippen LogP contribution in [0, 0.1) is 0 Å². The zero-order chi connectivity index (χ0) is 9.26. The minimum Gasteiger partial charge on any atom is -0.508 e. The minimum absolute atomic E-state index is 0.0317. The van der Waals surface area contributed by atoms with Gasteiger partial charge in [0.05, 0.1) is 5.69 Å². The molecular weight excluding hydrogens is 168 g/mol. The lowest BCUT2D eigenvalue weighted by Gasteiger charge is -2.01. The Labute approximate surface area is 74.5 Å². The van der Waals surface area contributed by atoms with Gasteiger partial charge in [0.1, 0.15) is 11.5 Å². The van der Waals surface area contributed by atoms with E-state index in [4.69, 9.17) is 5.11 Å². The number of rotatable bonds is 1. The second-order valence-corrected chi connectivity index (χ2v) is 2.67. The van der Waals surface area contributed by atoms with Gasteiger partial charge in [-0.25, -0.2) is 0 Å². The van der Waals surface area contributed by atoms with E-state index in [1.165, 1.54) is 12.1 Å². The number of hydrogen-bond acceptors (Lipinski definition) is 3. The Hall–Kier alpha value is -1.97. The highest BCUT2D eigenvalue weighted by Crippen LogP contribution is 2.30. The lowest BCUT2D eigenvalue weighted by atomic mass is 10.1. The van der Waals surface area contributed by atoms with E-state index in [9.17, 15) is 5.11 Å². The first-order valence-electron chi connectivity index (χ1n) is 3.79. The number of benzene rings is 1. The molecule has 0 spiro atoms. The minimum atomic E-state index is 0.0317. The van der Waals surface area contributed by atoms with Crippen LogP contribution in [0.15, 0.2) is 30.5 Å². The molecule has 4 nitrogen and oxygen atoms in total. The van der Waals surface area contributed by atoms with E-state index in [2.05, 4.69) is 10.2 Å². The summed E-state index contributed by atoms with van der Waals surface area (Å²) in [5.74, 6) is 0.0741. The third-order valence-electron chi connectivity index (χ3n) is 1.77. The van der Waals surface area contributed by atoms with Crippen molar-refractivity contribution >= 4 is 0 Å². The molecule has 66 valence electrons. The van der Waals surface area contributed by atoms with Crippen molar-refractivity contribution < 1.29 is 10.2 Å². The fourth-order valence-corrected chi connectivity index (χ4v) is 1.15. The Balaban J connectivity index is 2.53. The lowest BCUT2D eigenvalue weighted by molar-refractivity contribution is 0.452. The second-order valence-electron chi connectivity index (χ2n) is 2.67. The highest BCUT2D eigenvalue weighted by molar-refractivity contribution is 5.67. The molecule has 1 aromatic carbocycles. The molecule has 0 aliphatic rings. The number of nitrogens with one attached hydrogen (secondary N) is 1. The molecule has 1 heterocycles. The Kier molecular flexibility index (Phi) is 1.66. The maximum atomic E-state index is 9.46. The Morgan fingerprint density at radius 1 is 1.15 bits per heavy atom. The number of aromatic amines is 1. The predicted molar refractivity (Wildman–Crippen MR) is 47.4 cm³/mol. The fraction of sp³-hybridized carbons (Fsp3) is 0. The van der Waals surface area contributed by atoms with Crippen molar-refractivity contribution in [3.8, 4) is 22.8 Å². The van der Waals surface area contributed by atoms with E-state index >= 15 is 0 Å². The fourth-order valence-electron chi connectivity index (χ4n) is 1.15. The average Bonchev–Trinajstić information content (AvgIpc) is 2.56. The molecule has 3 N–H and O–H groups in total. The quantitative estimate of drug-likeness (QED) is 0.616. The van der Waals surface area contributed by atoms with Crippen LogP contribution in [0.4, 0.5) is 0 Å². The molecule has 2 aromatic rings. The molecule has 0 aliphatic heterocycles. The van der Waals surface area contributed by atoms with Gasteiger partial charge in [-0.05, 0) is 18.2 Å². The Morgan fingerprint density at radius 3 is 2.62 bits per heavy atom. The Bertz CT molecular complexity index is 410. The summed E-state index contributed by atoms with van der Waals surface area (Å²) in [5, 5.41) is 25.0. The largest absolute Gasteiger partial charge is 0.508 e. The summed E-state index contributed by atoms with van der Waals surface area (Å²) >= 11 is 0. The van der Waals surface area contributed by atoms with Crippen molar-refractivity contribution in [1.82, 2.24) is 10.2 Å². The van der Waals surface area contributed by atoms with Crippen molar-refractivity contribution in [3.05, 3.63) is 30.5 Å². The van der Waals surface area contributed by atoms with Crippen molar-refractivity contribution in [2.75, 3.05) is 0 Å². The van der Waals surface area contributed by atoms with Gasteiger partial charge < -0.3 is 10.2 Å². The molecule has 0 aliphatic carbocycles. The van der Waals surface area contributed by atoms with Crippen LogP contribution in [-0.2, 0) is 0 Å². The van der Waals surface area contributed by atoms with Crippen molar-refractivity contribution in [2.24, 2.45) is 0 Å². The first-order chi connectivity index (χ1) is 6.27. The number of H-pyrrole nitrogens is 1. The summed E-state index contributed by atoms with van der Waals surface area (Å²) in [6, 6.07) is 6.16. The van der Waals surface area contributed by atoms with Gasteiger partial charge in [-0.3, -0.25) is 5.10 Å². The molecule has 2 rings (SSSR count). The molecule has 0 radical (unpaired) electrons. The van der Waals surface area contributed by atoms with E-state index in [1.54, 1.807) is 18.3 Å². The lowest BCUT2D eigenvalue weighted by Crippen LogP contribution is -1.78. The number of phenolic OH excluding ortho intramolecular Hbond substituents is 2. The molecule has 0 saturated carbocycles. The van der Waals surface area contributed by atoms with Gasteiger partial charge >= 0.3 is 0 Å². The van der Waals surface area contributed by atoms with E-state index in [0.717, 1.165) is 5.69 Å². The molecule has 0 unspecified atom stereocenters. The molecule has 0 fully saturated rings. The second kappa shape index (κ2) is 2.82. The number of aromatic nitrogens is 2. The summed E-state index contributed by atoms with van der Waals surface area (Å²) < 4.78 is 0. The van der Waals surface area contributed by atoms with Crippen LogP contribution in [0.2, 0.25) is 0 Å². The third kappa shape index (κ3) is 1.33. The number of aromatic hydroxyl groups is 2. The van der Waals surface area contributed by atoms with E-state index in [1.807, 2.05) is 0 Å². The van der Waals surface area contributed by atoms with E-state index < -0.39 is 0 Å². The van der Waals surface area contributed by atoms with Crippen LogP contribution < -0.4 is 0 Å². The van der Waals surface area contributed by atoms with E-state index in [0.29, 0.717) is 5.56 Å². The van der Waals surface area contributed by atoms with Crippen LogP contribution in [0.25, 0.3) is 11.3 Å². The summed E-state index contributed by atoms with van der Waals surface area (Å²) in [6.07, 6.45) is 1.60. The van der Waals surface area contributed by atoms with Gasteiger partial charge in [0.15, 0.2) is 0 Å². The molecule has 4 heteroatoms. The van der Waals surface area contributed by atoms with Gasteiger partial charge in [-0.15, -0.1) is 0 Å². The Morgan fingerprint density at radius 2 is 2.00 bits per heavy atom. The standard InChI is InChI=1S/C9H8N2O2/c12-6-1-2-7(9(13)5-6)8-3-4-10-11-8/h1-5,12-13H,(H,10,11). The van der Waals surface area contributed by atoms with E-state index in [-0.39, 0.29) is 11.5 Å². The first-order valence-corrected chi connectivity index (χ1v) is 3.79. The average molecular weight is 176 g/mol. The van der Waals surface area contributed by atoms with Crippen LogP contribution in [0.1, 0.15) is 0 Å². The third-order valence-corrected chi connectivity index (χ3v) is 1.77. The zero-order valence-electron chi connectivity index (χ0n) is 6.73. The van der Waals surface area contributed by atoms with Gasteiger partial charge in [0.25, 0.3) is 0 Å². The summed E-state index contributed by atoms with van der Waals surface area (Å²) in [7, 11) is 0. The van der Waals surface area contributed by atoms with Crippen LogP contribution >= 0.6 is 0 Å². The molecule has 0 saturated heterocycles. The molecule has 0 bridgehead atoms. The summed E-state index contributed by atoms with van der Waals surface area (Å²) in [5.41, 5.74) is 1.34. The van der Waals surface area contributed by atoms with Gasteiger partial charge in [-0.2, -0.15) is 5.10 Å². The molecule has 1 aromatic heterocycles. The molecule has 0 atom stereocenters. The molecule has 13 heavy (non-hydrogen) atoms. The smallest absolute Gasteiger partial charge is 0.128 e. The molecular formula is C9H8N2O2. The van der Waals surface area contributed by atoms with Crippen LogP contribution in [0.5, 0.6) is 11.5 Å². The zero-order valence-corrected chi connectivity index (χ0v) is 6.73. The number of nitrogens with zero attached hydrogens (tertiary/aromatic N) is 1. The maximum absolute atomic E-state index is 9.46. The van der Waals surface area contributed by atoms with Crippen molar-refractivity contribution in [3.63, 3.8) is 0 Å². The highest BCUT2D eigenvalue weighted by Gasteiger charge is 2.05. The molecule has 0 amide bonds. The van der Waals surface area contributed by atoms with Gasteiger partial charge in [0, 0.05) is 17.8 Å². The number of phenols is 2. The van der Waals surface area contributed by atoms with Gasteiger partial charge in [-0.1, -0.05) is 0 Å². The summed E-state index contributed by atoms with van der Waals surface area (Å²) in [4.78, 5) is 0. The summed E-state index contributed by atoms with van der Waals surface area (Å²) in [6.45, 7) is 0. The topological polar surface area (TPSA) is 69.1 Å². The monoisotopic (exact) mass is 176 g/mol. The first kappa shape index (κ1) is 7.67. The SMILES string of the molecule is Oc1ccc(-c2ccn[nH]2)c(O)c1. The maximum Gasteiger partial charge on any atom is 0.128 e. The predicted octanol–water partition coefficient (Wildman–Crippen LogP) is 1.49. The van der Waals surface area contributed by atoms with Crippen molar-refractivity contribution in [2.45, 2.75) is 0 Å². The van der Waals surface area contributed by atoms with Crippen LogP contribution in [0.3, 0.4) is 0 Å². The van der Waals surface area contributed by atoms with Crippen molar-refractivity contribution in [1.29, 1.82) is 0 Å². The van der Waals surface area contributed by atoms with Crippen LogP contribution in [-0.4, -0.2) is 20.4 Å². The normalized spacial score (nSPS) is 10.2. The van der Waals surface area contributed by atoms with Gasteiger partial charge in [0.2, 0.25) is 0 Å². The highest BCUT2D eigenvalue weighted by atomic mass is 16.3.